The van der Waals surface area contributed by atoms with Crippen molar-refractivity contribution in [3.8, 4) is 0 Å². The van der Waals surface area contributed by atoms with Crippen molar-refractivity contribution >= 4 is 15.9 Å². The van der Waals surface area contributed by atoms with Crippen LogP contribution in [0.5, 0.6) is 0 Å². The third-order valence-electron chi connectivity index (χ3n) is 5.13. The van der Waals surface area contributed by atoms with E-state index in [0.29, 0.717) is 18.7 Å². The van der Waals surface area contributed by atoms with Gasteiger partial charge in [0.2, 0.25) is 10.0 Å². The molecule has 25 heavy (non-hydrogen) atoms. The molecule has 2 aliphatic rings. The highest BCUT2D eigenvalue weighted by molar-refractivity contribution is 7.89. The number of carbonyl (C=O) groups excluding carboxylic acids is 1. The molecule has 1 aromatic carbocycles. The second kappa shape index (κ2) is 7.85. The average molecular weight is 365 g/mol. The number of sulfonamides is 1. The van der Waals surface area contributed by atoms with Gasteiger partial charge >= 0.3 is 0 Å². The van der Waals surface area contributed by atoms with E-state index in [9.17, 15) is 13.2 Å². The quantitative estimate of drug-likeness (QED) is 0.881. The predicted octanol–water partition coefficient (Wildman–Crippen LogP) is 1.69. The Morgan fingerprint density at radius 1 is 1.00 bits per heavy atom. The van der Waals surface area contributed by atoms with Crippen LogP contribution < -0.4 is 4.72 Å². The maximum Gasteiger partial charge on any atom is 0.253 e. The lowest BCUT2D eigenvalue weighted by Gasteiger charge is -2.32. The lowest BCUT2D eigenvalue weighted by molar-refractivity contribution is 0.0664. The summed E-state index contributed by atoms with van der Waals surface area (Å²) in [7, 11) is -1.47. The van der Waals surface area contributed by atoms with Crippen LogP contribution in [0.3, 0.4) is 0 Å². The minimum atomic E-state index is -3.52. The smallest absolute Gasteiger partial charge is 0.253 e. The number of hydrogen-bond donors (Lipinski definition) is 1. The number of amides is 1. The number of nitrogens with one attached hydrogen (secondary N) is 1. The van der Waals surface area contributed by atoms with Crippen molar-refractivity contribution in [1.29, 1.82) is 0 Å². The van der Waals surface area contributed by atoms with Gasteiger partial charge in [0.25, 0.3) is 5.91 Å². The van der Waals surface area contributed by atoms with Crippen LogP contribution in [0.1, 0.15) is 42.5 Å². The molecule has 0 unspecified atom stereocenters. The lowest BCUT2D eigenvalue weighted by Crippen LogP contribution is -2.47. The average Bonchev–Trinajstić information content (AvgIpc) is 2.62. The van der Waals surface area contributed by atoms with Crippen LogP contribution in [0, 0.1) is 0 Å². The van der Waals surface area contributed by atoms with Gasteiger partial charge in [-0.05, 0) is 44.2 Å². The van der Waals surface area contributed by atoms with E-state index in [1.165, 1.54) is 18.6 Å². The van der Waals surface area contributed by atoms with Crippen molar-refractivity contribution in [2.24, 2.45) is 0 Å². The first-order valence-corrected chi connectivity index (χ1v) is 10.5. The van der Waals surface area contributed by atoms with E-state index in [-0.39, 0.29) is 16.8 Å². The molecule has 7 heteroatoms. The minimum absolute atomic E-state index is 0.0303. The maximum absolute atomic E-state index is 12.5. The van der Waals surface area contributed by atoms with E-state index < -0.39 is 10.0 Å². The highest BCUT2D eigenvalue weighted by Crippen LogP contribution is 2.20. The van der Waals surface area contributed by atoms with Gasteiger partial charge in [0.05, 0.1) is 4.90 Å². The molecule has 0 aromatic heterocycles. The van der Waals surface area contributed by atoms with Crippen LogP contribution in [0.2, 0.25) is 0 Å². The maximum atomic E-state index is 12.5. The van der Waals surface area contributed by atoms with Crippen molar-refractivity contribution in [2.75, 3.05) is 33.2 Å². The zero-order valence-electron chi connectivity index (χ0n) is 14.8. The van der Waals surface area contributed by atoms with Crippen LogP contribution in [-0.2, 0) is 10.0 Å². The highest BCUT2D eigenvalue weighted by atomic mass is 32.2. The van der Waals surface area contributed by atoms with Crippen LogP contribution in [0.25, 0.3) is 0 Å². The SMILES string of the molecule is CN1CCN(C(=O)c2ccc(S(=O)(=O)NC3CCCCC3)cc2)CC1. The van der Waals surface area contributed by atoms with Crippen molar-refractivity contribution < 1.29 is 13.2 Å². The molecule has 138 valence electrons. The van der Waals surface area contributed by atoms with Crippen LogP contribution in [-0.4, -0.2) is 63.4 Å². The largest absolute Gasteiger partial charge is 0.336 e. The molecule has 1 aliphatic carbocycles. The second-order valence-electron chi connectivity index (χ2n) is 7.08. The molecule has 6 nitrogen and oxygen atoms in total. The summed E-state index contributed by atoms with van der Waals surface area (Å²) in [5.41, 5.74) is 0.543. The van der Waals surface area contributed by atoms with E-state index in [0.717, 1.165) is 38.8 Å². The van der Waals surface area contributed by atoms with Crippen molar-refractivity contribution in [3.63, 3.8) is 0 Å². The Morgan fingerprint density at radius 3 is 2.20 bits per heavy atom. The number of likely N-dealkylation sites (N-methyl/N-ethyl adjacent to an activating group) is 1. The molecule has 2 fully saturated rings. The summed E-state index contributed by atoms with van der Waals surface area (Å²) in [6.07, 6.45) is 5.14. The fraction of sp³-hybridized carbons (Fsp3) is 0.611. The van der Waals surface area contributed by atoms with Crippen molar-refractivity contribution in [1.82, 2.24) is 14.5 Å². The first-order chi connectivity index (χ1) is 12.0. The van der Waals surface area contributed by atoms with Gasteiger partial charge in [-0.3, -0.25) is 4.79 Å². The molecular weight excluding hydrogens is 338 g/mol. The molecule has 1 N–H and O–H groups in total. The van der Waals surface area contributed by atoms with Crippen LogP contribution in [0.15, 0.2) is 29.2 Å². The van der Waals surface area contributed by atoms with Gasteiger partial charge in [-0.1, -0.05) is 19.3 Å². The predicted molar refractivity (Wildman–Crippen MR) is 97.0 cm³/mol. The summed E-state index contributed by atoms with van der Waals surface area (Å²) in [5.74, 6) is -0.0303. The molecule has 1 amide bonds. The molecule has 1 aromatic rings. The Kier molecular flexibility index (Phi) is 5.76. The van der Waals surface area contributed by atoms with Gasteiger partial charge < -0.3 is 9.80 Å². The van der Waals surface area contributed by atoms with Crippen LogP contribution >= 0.6 is 0 Å². The Labute approximate surface area is 150 Å². The standard InChI is InChI=1S/C18H27N3O3S/c1-20-11-13-21(14-12-20)18(22)15-7-9-17(10-8-15)25(23,24)19-16-5-3-2-4-6-16/h7-10,16,19H,2-6,11-14H2,1H3. The van der Waals surface area contributed by atoms with Crippen molar-refractivity contribution in [2.45, 2.75) is 43.0 Å². The van der Waals surface area contributed by atoms with Gasteiger partial charge in [-0.15, -0.1) is 0 Å². The summed E-state index contributed by atoms with van der Waals surface area (Å²) >= 11 is 0. The fourth-order valence-electron chi connectivity index (χ4n) is 3.48. The van der Waals surface area contributed by atoms with E-state index in [4.69, 9.17) is 0 Å². The van der Waals surface area contributed by atoms with E-state index in [2.05, 4.69) is 9.62 Å². The summed E-state index contributed by atoms with van der Waals surface area (Å²) < 4.78 is 27.8. The summed E-state index contributed by atoms with van der Waals surface area (Å²) in [6.45, 7) is 3.14. The van der Waals surface area contributed by atoms with E-state index in [1.54, 1.807) is 12.1 Å². The third-order valence-corrected chi connectivity index (χ3v) is 6.67. The summed E-state index contributed by atoms with van der Waals surface area (Å²) in [5, 5.41) is 0. The fourth-order valence-corrected chi connectivity index (χ4v) is 4.78. The molecule has 3 rings (SSSR count). The van der Waals surface area contributed by atoms with Gasteiger partial charge in [-0.2, -0.15) is 0 Å². The summed E-state index contributed by atoms with van der Waals surface area (Å²) in [6, 6.07) is 6.35. The Hall–Kier alpha value is -1.44. The molecule has 0 atom stereocenters. The topological polar surface area (TPSA) is 69.7 Å². The van der Waals surface area contributed by atoms with Gasteiger partial charge in [0.15, 0.2) is 0 Å². The van der Waals surface area contributed by atoms with E-state index in [1.807, 2.05) is 11.9 Å². The first kappa shape index (κ1) is 18.4. The Bertz CT molecular complexity index is 689. The number of rotatable bonds is 4. The van der Waals surface area contributed by atoms with Gasteiger partial charge in [0.1, 0.15) is 0 Å². The van der Waals surface area contributed by atoms with Crippen LogP contribution in [0.4, 0.5) is 0 Å². The lowest BCUT2D eigenvalue weighted by atomic mass is 9.96. The molecule has 0 bridgehead atoms. The zero-order chi connectivity index (χ0) is 17.9. The normalized spacial score (nSPS) is 20.6. The van der Waals surface area contributed by atoms with Crippen molar-refractivity contribution in [3.05, 3.63) is 29.8 Å². The number of carbonyl (C=O) groups is 1. The first-order valence-electron chi connectivity index (χ1n) is 9.06. The number of piperazine rings is 1. The van der Waals surface area contributed by atoms with Gasteiger partial charge in [0, 0.05) is 37.8 Å². The minimum Gasteiger partial charge on any atom is -0.336 e. The Morgan fingerprint density at radius 2 is 1.60 bits per heavy atom. The molecule has 1 saturated heterocycles. The molecule has 1 heterocycles. The molecule has 1 saturated carbocycles. The molecule has 1 aliphatic heterocycles. The third kappa shape index (κ3) is 4.59. The molecular formula is C18H27N3O3S. The second-order valence-corrected chi connectivity index (χ2v) is 8.79. The van der Waals surface area contributed by atoms with Gasteiger partial charge in [-0.25, -0.2) is 13.1 Å². The van der Waals surface area contributed by atoms with E-state index >= 15 is 0 Å². The zero-order valence-corrected chi connectivity index (χ0v) is 15.6. The molecule has 0 spiro atoms. The number of nitrogens with zero attached hydrogens (tertiary/aromatic N) is 2. The monoisotopic (exact) mass is 365 g/mol. The number of benzene rings is 1. The highest BCUT2D eigenvalue weighted by Gasteiger charge is 2.23. The number of hydrogen-bond acceptors (Lipinski definition) is 4. The summed E-state index contributed by atoms with van der Waals surface area (Å²) in [4.78, 5) is 16.8. The molecule has 0 radical (unpaired) electrons. The Balaban J connectivity index is 1.65.